The first-order chi connectivity index (χ1) is 5.09. The number of allylic oxidation sites excluding steroid dienone is 3. The SMILES string of the molecule is C=C(F)/C(=C\C=N/C)C(C)C. The van der Waals surface area contributed by atoms with Crippen LogP contribution in [0.25, 0.3) is 0 Å². The summed E-state index contributed by atoms with van der Waals surface area (Å²) in [6, 6.07) is 0. The summed E-state index contributed by atoms with van der Waals surface area (Å²) in [4.78, 5) is 3.73. The predicted octanol–water partition coefficient (Wildman–Crippen LogP) is 2.75. The van der Waals surface area contributed by atoms with Crippen LogP contribution >= 0.6 is 0 Å². The van der Waals surface area contributed by atoms with E-state index in [4.69, 9.17) is 0 Å². The standard InChI is InChI=1S/C9H14FN/c1-7(2)9(8(3)10)5-6-11-4/h5-7H,3H2,1-2,4H3/b9-5-,11-6-. The lowest BCUT2D eigenvalue weighted by Gasteiger charge is -2.05. The molecular weight excluding hydrogens is 141 g/mol. The molecule has 0 aliphatic heterocycles. The summed E-state index contributed by atoms with van der Waals surface area (Å²) in [5.41, 5.74) is 0.607. The summed E-state index contributed by atoms with van der Waals surface area (Å²) in [6.07, 6.45) is 3.22. The van der Waals surface area contributed by atoms with Crippen molar-refractivity contribution < 1.29 is 4.39 Å². The average Bonchev–Trinajstić information content (AvgIpc) is 1.87. The fourth-order valence-electron chi connectivity index (χ4n) is 0.751. The lowest BCUT2D eigenvalue weighted by Crippen LogP contribution is -1.94. The predicted molar refractivity (Wildman–Crippen MR) is 47.6 cm³/mol. The summed E-state index contributed by atoms with van der Waals surface area (Å²) < 4.78 is 12.6. The van der Waals surface area contributed by atoms with Gasteiger partial charge < -0.3 is 0 Å². The van der Waals surface area contributed by atoms with Gasteiger partial charge in [0, 0.05) is 13.3 Å². The Morgan fingerprint density at radius 2 is 2.09 bits per heavy atom. The van der Waals surface area contributed by atoms with Gasteiger partial charge in [0.25, 0.3) is 0 Å². The molecule has 0 heterocycles. The summed E-state index contributed by atoms with van der Waals surface area (Å²) in [5.74, 6) is -0.217. The number of hydrogen-bond donors (Lipinski definition) is 0. The lowest BCUT2D eigenvalue weighted by molar-refractivity contribution is 0.613. The van der Waals surface area contributed by atoms with Gasteiger partial charge in [-0.25, -0.2) is 4.39 Å². The Morgan fingerprint density at radius 1 is 1.55 bits per heavy atom. The third kappa shape index (κ3) is 3.71. The molecule has 0 unspecified atom stereocenters. The zero-order valence-electron chi connectivity index (χ0n) is 7.26. The van der Waals surface area contributed by atoms with E-state index in [9.17, 15) is 4.39 Å². The average molecular weight is 155 g/mol. The van der Waals surface area contributed by atoms with E-state index in [-0.39, 0.29) is 11.7 Å². The van der Waals surface area contributed by atoms with Crippen molar-refractivity contribution in [1.82, 2.24) is 0 Å². The molecule has 0 atom stereocenters. The van der Waals surface area contributed by atoms with E-state index in [1.165, 1.54) is 0 Å². The van der Waals surface area contributed by atoms with E-state index < -0.39 is 0 Å². The van der Waals surface area contributed by atoms with Gasteiger partial charge in [-0.3, -0.25) is 4.99 Å². The molecule has 0 saturated heterocycles. The monoisotopic (exact) mass is 155 g/mol. The molecule has 2 heteroatoms. The fraction of sp³-hybridized carbons (Fsp3) is 0.444. The fourth-order valence-corrected chi connectivity index (χ4v) is 0.751. The Kier molecular flexibility index (Phi) is 4.42. The minimum absolute atomic E-state index is 0.158. The van der Waals surface area contributed by atoms with Gasteiger partial charge in [0.1, 0.15) is 5.83 Å². The summed E-state index contributed by atoms with van der Waals surface area (Å²) >= 11 is 0. The molecule has 1 nitrogen and oxygen atoms in total. The van der Waals surface area contributed by atoms with E-state index in [1.807, 2.05) is 13.8 Å². The molecule has 0 bridgehead atoms. The Bertz CT molecular complexity index is 190. The number of aliphatic imine (C=N–C) groups is 1. The van der Waals surface area contributed by atoms with E-state index in [0.717, 1.165) is 0 Å². The van der Waals surface area contributed by atoms with E-state index in [1.54, 1.807) is 19.3 Å². The number of hydrogen-bond acceptors (Lipinski definition) is 1. The molecule has 62 valence electrons. The maximum Gasteiger partial charge on any atom is 0.119 e. The van der Waals surface area contributed by atoms with E-state index in [2.05, 4.69) is 11.6 Å². The maximum absolute atomic E-state index is 12.6. The van der Waals surface area contributed by atoms with Crippen LogP contribution in [0.4, 0.5) is 4.39 Å². The topological polar surface area (TPSA) is 12.4 Å². The van der Waals surface area contributed by atoms with Crippen molar-refractivity contribution in [2.24, 2.45) is 10.9 Å². The van der Waals surface area contributed by atoms with Crippen molar-refractivity contribution >= 4 is 6.21 Å². The third-order valence-electron chi connectivity index (χ3n) is 1.34. The second-order valence-electron chi connectivity index (χ2n) is 2.59. The van der Waals surface area contributed by atoms with Crippen LogP contribution in [-0.4, -0.2) is 13.3 Å². The molecule has 0 aromatic rings. The van der Waals surface area contributed by atoms with Crippen LogP contribution in [-0.2, 0) is 0 Å². The van der Waals surface area contributed by atoms with Crippen molar-refractivity contribution in [2.45, 2.75) is 13.8 Å². The molecule has 0 aromatic heterocycles. The quantitative estimate of drug-likeness (QED) is 0.439. The van der Waals surface area contributed by atoms with Gasteiger partial charge in [0.05, 0.1) is 0 Å². The van der Waals surface area contributed by atoms with E-state index >= 15 is 0 Å². The van der Waals surface area contributed by atoms with Gasteiger partial charge in [0.2, 0.25) is 0 Å². The maximum atomic E-state index is 12.6. The Morgan fingerprint density at radius 3 is 2.36 bits per heavy atom. The smallest absolute Gasteiger partial charge is 0.119 e. The minimum Gasteiger partial charge on any atom is -0.297 e. The van der Waals surface area contributed by atoms with E-state index in [0.29, 0.717) is 5.57 Å². The van der Waals surface area contributed by atoms with Crippen LogP contribution in [0.3, 0.4) is 0 Å². The van der Waals surface area contributed by atoms with Gasteiger partial charge in [0.15, 0.2) is 0 Å². The molecule has 0 aliphatic rings. The second-order valence-corrected chi connectivity index (χ2v) is 2.59. The van der Waals surface area contributed by atoms with Crippen LogP contribution in [0, 0.1) is 5.92 Å². The normalized spacial score (nSPS) is 13.0. The van der Waals surface area contributed by atoms with Gasteiger partial charge in [-0.05, 0) is 17.6 Å². The van der Waals surface area contributed by atoms with Gasteiger partial charge in [-0.15, -0.1) is 0 Å². The highest BCUT2D eigenvalue weighted by Gasteiger charge is 2.04. The first-order valence-corrected chi connectivity index (χ1v) is 3.56. The summed E-state index contributed by atoms with van der Waals surface area (Å²) in [5, 5.41) is 0. The van der Waals surface area contributed by atoms with Crippen molar-refractivity contribution in [3.63, 3.8) is 0 Å². The molecule has 0 fully saturated rings. The van der Waals surface area contributed by atoms with Crippen molar-refractivity contribution in [2.75, 3.05) is 7.05 Å². The Hall–Kier alpha value is -0.920. The van der Waals surface area contributed by atoms with Crippen LogP contribution < -0.4 is 0 Å². The zero-order valence-corrected chi connectivity index (χ0v) is 7.26. The van der Waals surface area contributed by atoms with Crippen LogP contribution in [0.5, 0.6) is 0 Å². The number of rotatable bonds is 3. The van der Waals surface area contributed by atoms with Crippen molar-refractivity contribution in [1.29, 1.82) is 0 Å². The van der Waals surface area contributed by atoms with Crippen LogP contribution in [0.2, 0.25) is 0 Å². The number of halogens is 1. The lowest BCUT2D eigenvalue weighted by atomic mass is 10.0. The van der Waals surface area contributed by atoms with Gasteiger partial charge >= 0.3 is 0 Å². The highest BCUT2D eigenvalue weighted by atomic mass is 19.1. The zero-order chi connectivity index (χ0) is 8.85. The Balaban J connectivity index is 4.46. The van der Waals surface area contributed by atoms with Crippen molar-refractivity contribution in [3.05, 3.63) is 24.1 Å². The first kappa shape index (κ1) is 10.1. The van der Waals surface area contributed by atoms with Crippen LogP contribution in [0.1, 0.15) is 13.8 Å². The third-order valence-corrected chi connectivity index (χ3v) is 1.34. The molecule has 11 heavy (non-hydrogen) atoms. The molecule has 0 rings (SSSR count). The van der Waals surface area contributed by atoms with Crippen LogP contribution in [0.15, 0.2) is 29.0 Å². The van der Waals surface area contributed by atoms with Crippen molar-refractivity contribution in [3.8, 4) is 0 Å². The molecule has 0 N–H and O–H groups in total. The minimum atomic E-state index is -0.375. The van der Waals surface area contributed by atoms with Gasteiger partial charge in [-0.2, -0.15) is 0 Å². The highest BCUT2D eigenvalue weighted by Crippen LogP contribution is 2.17. The largest absolute Gasteiger partial charge is 0.297 e. The molecule has 0 spiro atoms. The molecular formula is C9H14FN. The first-order valence-electron chi connectivity index (χ1n) is 3.56. The molecule has 0 amide bonds. The Labute approximate surface area is 67.3 Å². The molecule has 0 aliphatic carbocycles. The summed E-state index contributed by atoms with van der Waals surface area (Å²) in [6.45, 7) is 7.07. The van der Waals surface area contributed by atoms with Gasteiger partial charge in [-0.1, -0.05) is 20.4 Å². The second kappa shape index (κ2) is 4.83. The summed E-state index contributed by atoms with van der Waals surface area (Å²) in [7, 11) is 1.65. The molecule has 0 radical (unpaired) electrons. The molecule has 0 saturated carbocycles. The highest BCUT2D eigenvalue weighted by molar-refractivity contribution is 5.73. The molecule has 0 aromatic carbocycles. The number of nitrogens with zero attached hydrogens (tertiary/aromatic N) is 1.